The maximum absolute atomic E-state index is 13.6. The number of aryl methyl sites for hydroxylation is 1. The Morgan fingerprint density at radius 3 is 2.32 bits per heavy atom. The Morgan fingerprint density at radius 2 is 1.58 bits per heavy atom. The van der Waals surface area contributed by atoms with E-state index in [0.29, 0.717) is 45.9 Å². The summed E-state index contributed by atoms with van der Waals surface area (Å²) in [4.78, 5) is 33.7. The van der Waals surface area contributed by atoms with Crippen LogP contribution < -0.4 is 0 Å². The van der Waals surface area contributed by atoms with Crippen LogP contribution in [0.25, 0.3) is 5.00 Å². The number of amides is 2. The molecular weight excluding hydrogens is 412 g/mol. The number of carbonyl (C=O) groups is 2. The Morgan fingerprint density at radius 1 is 0.903 bits per heavy atom. The predicted octanol–water partition coefficient (Wildman–Crippen LogP) is 2.03. The molecule has 0 bridgehead atoms. The van der Waals surface area contributed by atoms with Crippen LogP contribution in [0.1, 0.15) is 33.6 Å². The van der Waals surface area contributed by atoms with Gasteiger partial charge in [-0.1, -0.05) is 0 Å². The van der Waals surface area contributed by atoms with Gasteiger partial charge in [0.25, 0.3) is 5.91 Å². The molecule has 8 heteroatoms. The first-order valence-electron chi connectivity index (χ1n) is 11.4. The van der Waals surface area contributed by atoms with Gasteiger partial charge < -0.3 is 19.1 Å². The second-order valence-corrected chi connectivity index (χ2v) is 9.63. The molecule has 2 aromatic rings. The highest BCUT2D eigenvalue weighted by Gasteiger charge is 2.32. The van der Waals surface area contributed by atoms with Gasteiger partial charge in [0.1, 0.15) is 5.00 Å². The van der Waals surface area contributed by atoms with E-state index in [0.717, 1.165) is 42.9 Å². The summed E-state index contributed by atoms with van der Waals surface area (Å²) in [5, 5.41) is 1.05. The lowest BCUT2D eigenvalue weighted by Gasteiger charge is -2.36. The summed E-state index contributed by atoms with van der Waals surface area (Å²) in [5.41, 5.74) is 2.15. The Bertz CT molecular complexity index is 925. The van der Waals surface area contributed by atoms with Gasteiger partial charge in [-0.25, -0.2) is 0 Å². The number of hydrogen-bond acceptors (Lipinski definition) is 5. The van der Waals surface area contributed by atoms with Gasteiger partial charge in [0.05, 0.1) is 25.3 Å². The van der Waals surface area contributed by atoms with Gasteiger partial charge in [0, 0.05) is 56.5 Å². The standard InChI is InChI=1S/C23H30N4O3S/c28-20(17-24-13-15-30-16-14-24)25-9-11-26(12-10-25)22(29)21-18-5-1-2-6-19(18)31-23(21)27-7-3-4-8-27/h3-4,7-8H,1-2,5-6,9-17H2. The molecule has 2 amide bonds. The average molecular weight is 443 g/mol. The molecule has 166 valence electrons. The first-order valence-corrected chi connectivity index (χ1v) is 12.2. The fraction of sp³-hybridized carbons (Fsp3) is 0.565. The van der Waals surface area contributed by atoms with Crippen LogP contribution in [-0.4, -0.2) is 90.1 Å². The molecule has 2 aliphatic heterocycles. The van der Waals surface area contributed by atoms with Crippen molar-refractivity contribution in [3.63, 3.8) is 0 Å². The van der Waals surface area contributed by atoms with E-state index in [-0.39, 0.29) is 11.8 Å². The Balaban J connectivity index is 1.27. The summed E-state index contributed by atoms with van der Waals surface area (Å²) < 4.78 is 7.45. The molecule has 0 aromatic carbocycles. The summed E-state index contributed by atoms with van der Waals surface area (Å²) in [6, 6.07) is 4.01. The zero-order valence-corrected chi connectivity index (χ0v) is 18.7. The Kier molecular flexibility index (Phi) is 6.11. The van der Waals surface area contributed by atoms with Crippen molar-refractivity contribution >= 4 is 23.2 Å². The van der Waals surface area contributed by atoms with E-state index in [9.17, 15) is 9.59 Å². The van der Waals surface area contributed by atoms with Gasteiger partial charge in [-0.15, -0.1) is 11.3 Å². The molecule has 2 fully saturated rings. The first kappa shape index (κ1) is 20.7. The molecule has 0 atom stereocenters. The molecule has 31 heavy (non-hydrogen) atoms. The van der Waals surface area contributed by atoms with E-state index in [4.69, 9.17) is 4.74 Å². The van der Waals surface area contributed by atoms with Crippen LogP contribution in [0.4, 0.5) is 0 Å². The number of morpholine rings is 1. The molecule has 4 heterocycles. The van der Waals surface area contributed by atoms with Crippen LogP contribution in [0.15, 0.2) is 24.5 Å². The molecule has 0 radical (unpaired) electrons. The van der Waals surface area contributed by atoms with Gasteiger partial charge in [-0.3, -0.25) is 14.5 Å². The van der Waals surface area contributed by atoms with Crippen molar-refractivity contribution in [1.29, 1.82) is 0 Å². The van der Waals surface area contributed by atoms with Crippen LogP contribution in [0.3, 0.4) is 0 Å². The topological polar surface area (TPSA) is 58.0 Å². The number of aromatic nitrogens is 1. The molecule has 2 aromatic heterocycles. The van der Waals surface area contributed by atoms with Crippen LogP contribution in [0.2, 0.25) is 0 Å². The maximum atomic E-state index is 13.6. The number of hydrogen-bond donors (Lipinski definition) is 0. The molecule has 0 saturated carbocycles. The summed E-state index contributed by atoms with van der Waals surface area (Å²) in [7, 11) is 0. The van der Waals surface area contributed by atoms with Crippen molar-refractivity contribution in [3.8, 4) is 5.00 Å². The number of carbonyl (C=O) groups excluding carboxylic acids is 2. The lowest BCUT2D eigenvalue weighted by Crippen LogP contribution is -2.53. The number of fused-ring (bicyclic) bond motifs is 1. The summed E-state index contributed by atoms with van der Waals surface area (Å²) in [5.74, 6) is 0.290. The quantitative estimate of drug-likeness (QED) is 0.727. The van der Waals surface area contributed by atoms with Crippen molar-refractivity contribution < 1.29 is 14.3 Å². The van der Waals surface area contributed by atoms with Crippen molar-refractivity contribution in [2.45, 2.75) is 25.7 Å². The molecule has 7 nitrogen and oxygen atoms in total. The van der Waals surface area contributed by atoms with Crippen molar-refractivity contribution in [3.05, 3.63) is 40.5 Å². The van der Waals surface area contributed by atoms with E-state index in [1.807, 2.05) is 34.3 Å². The van der Waals surface area contributed by atoms with Gasteiger partial charge in [-0.05, 0) is 43.4 Å². The van der Waals surface area contributed by atoms with E-state index in [2.05, 4.69) is 9.47 Å². The molecule has 1 aliphatic carbocycles. The van der Waals surface area contributed by atoms with E-state index < -0.39 is 0 Å². The third-order valence-corrected chi connectivity index (χ3v) is 7.89. The molecule has 0 unspecified atom stereocenters. The molecular formula is C23H30N4O3S. The number of piperazine rings is 1. The summed E-state index contributed by atoms with van der Waals surface area (Å²) in [6.45, 7) is 5.90. The molecule has 0 N–H and O–H groups in total. The van der Waals surface area contributed by atoms with Crippen molar-refractivity contribution in [2.24, 2.45) is 0 Å². The molecule has 0 spiro atoms. The van der Waals surface area contributed by atoms with Crippen LogP contribution >= 0.6 is 11.3 Å². The first-order chi connectivity index (χ1) is 15.2. The van der Waals surface area contributed by atoms with Gasteiger partial charge in [0.2, 0.25) is 5.91 Å². The number of rotatable bonds is 4. The fourth-order valence-electron chi connectivity index (χ4n) is 4.79. The highest BCUT2D eigenvalue weighted by Crippen LogP contribution is 2.37. The van der Waals surface area contributed by atoms with Gasteiger partial charge >= 0.3 is 0 Å². The van der Waals surface area contributed by atoms with Crippen LogP contribution in [0, 0.1) is 0 Å². The summed E-state index contributed by atoms with van der Waals surface area (Å²) in [6.07, 6.45) is 8.47. The SMILES string of the molecule is O=C(CN1CCOCC1)N1CCN(C(=O)c2c(-n3cccc3)sc3c2CCCC3)CC1. The third kappa shape index (κ3) is 4.29. The average Bonchev–Trinajstić information content (AvgIpc) is 3.47. The second-order valence-electron chi connectivity index (χ2n) is 8.54. The monoisotopic (exact) mass is 442 g/mol. The second kappa shape index (κ2) is 9.14. The van der Waals surface area contributed by atoms with Gasteiger partial charge in [0.15, 0.2) is 0 Å². The largest absolute Gasteiger partial charge is 0.379 e. The van der Waals surface area contributed by atoms with E-state index >= 15 is 0 Å². The minimum Gasteiger partial charge on any atom is -0.379 e. The Hall–Kier alpha value is -2.16. The van der Waals surface area contributed by atoms with E-state index in [1.165, 1.54) is 16.9 Å². The summed E-state index contributed by atoms with van der Waals surface area (Å²) >= 11 is 1.77. The lowest BCUT2D eigenvalue weighted by molar-refractivity contribution is -0.134. The minimum atomic E-state index is 0.128. The number of nitrogens with zero attached hydrogens (tertiary/aromatic N) is 4. The van der Waals surface area contributed by atoms with Crippen molar-refractivity contribution in [2.75, 3.05) is 59.0 Å². The molecule has 2 saturated heterocycles. The van der Waals surface area contributed by atoms with Crippen LogP contribution in [-0.2, 0) is 22.4 Å². The fourth-order valence-corrected chi connectivity index (χ4v) is 6.14. The van der Waals surface area contributed by atoms with E-state index in [1.54, 1.807) is 11.3 Å². The molecule has 5 rings (SSSR count). The van der Waals surface area contributed by atoms with Crippen LogP contribution in [0.5, 0.6) is 0 Å². The predicted molar refractivity (Wildman–Crippen MR) is 120 cm³/mol. The zero-order chi connectivity index (χ0) is 21.2. The lowest BCUT2D eigenvalue weighted by atomic mass is 9.95. The normalized spacial score (nSPS) is 20.0. The van der Waals surface area contributed by atoms with Gasteiger partial charge in [-0.2, -0.15) is 0 Å². The minimum absolute atomic E-state index is 0.128. The smallest absolute Gasteiger partial charge is 0.257 e. The number of thiophene rings is 1. The highest BCUT2D eigenvalue weighted by atomic mass is 32.1. The maximum Gasteiger partial charge on any atom is 0.257 e. The number of ether oxygens (including phenoxy) is 1. The third-order valence-electron chi connectivity index (χ3n) is 6.59. The highest BCUT2D eigenvalue weighted by molar-refractivity contribution is 7.15. The van der Waals surface area contributed by atoms with Crippen molar-refractivity contribution in [1.82, 2.24) is 19.3 Å². The Labute approximate surface area is 187 Å². The molecule has 3 aliphatic rings. The zero-order valence-electron chi connectivity index (χ0n) is 17.9.